The van der Waals surface area contributed by atoms with Gasteiger partial charge in [-0.1, -0.05) is 6.08 Å². The Balaban J connectivity index is 2.62. The van der Waals surface area contributed by atoms with Crippen molar-refractivity contribution in [1.82, 2.24) is 5.73 Å². The monoisotopic (exact) mass is 69.1 g/mol. The van der Waals surface area contributed by atoms with Crippen molar-refractivity contribution in [3.05, 3.63) is 19.2 Å². The number of hydrogen-bond acceptors (Lipinski definition) is 0. The fourth-order valence-electron chi connectivity index (χ4n) is 0.0833. The molecule has 5 heavy (non-hydrogen) atoms. The van der Waals surface area contributed by atoms with E-state index < -0.39 is 0 Å². The molecule has 0 aromatic rings. The molecule has 0 saturated heterocycles. The fraction of sp³-hybridized carbons (Fsp3) is 0.250. The van der Waals surface area contributed by atoms with Gasteiger partial charge in [0.1, 0.15) is 0 Å². The van der Waals surface area contributed by atoms with Gasteiger partial charge in [-0.15, -0.1) is 0 Å². The summed E-state index contributed by atoms with van der Waals surface area (Å²) in [6.07, 6.45) is 3.65. The Hall–Kier alpha value is -0.460. The second kappa shape index (κ2) is 3.54. The molecule has 1 nitrogen and oxygen atoms in total. The van der Waals surface area contributed by atoms with Crippen molar-refractivity contribution >= 4 is 0 Å². The molecule has 0 aromatic carbocycles. The van der Waals surface area contributed by atoms with Crippen LogP contribution in [0, 0.1) is 6.92 Å². The standard InChI is InChI=1S/C4H7N/c1-2-3-4-5/h3-5H,1-2H2. The molecule has 0 spiro atoms. The maximum atomic E-state index is 6.38. The van der Waals surface area contributed by atoms with Crippen molar-refractivity contribution in [2.45, 2.75) is 6.42 Å². The molecule has 0 rings (SSSR count). The molecule has 1 heteroatoms. The Bertz CT molecular complexity index is 30.6. The molecular formula is C4H7N. The molecule has 2 radical (unpaired) electrons. The van der Waals surface area contributed by atoms with Crippen LogP contribution < -0.4 is 5.73 Å². The molecule has 0 aromatic heterocycles. The zero-order valence-electron chi connectivity index (χ0n) is 3.07. The fourth-order valence-corrected chi connectivity index (χ4v) is 0.0833. The highest BCUT2D eigenvalue weighted by atomic mass is 14.5. The van der Waals surface area contributed by atoms with E-state index in [-0.39, 0.29) is 0 Å². The summed E-state index contributed by atoms with van der Waals surface area (Å²) in [5, 5.41) is 0. The van der Waals surface area contributed by atoms with Crippen molar-refractivity contribution < 1.29 is 0 Å². The minimum Gasteiger partial charge on any atom is -0.309 e. The van der Waals surface area contributed by atoms with E-state index in [1.807, 2.05) is 0 Å². The van der Waals surface area contributed by atoms with Gasteiger partial charge in [0.05, 0.1) is 0 Å². The molecule has 0 amide bonds. The lowest BCUT2D eigenvalue weighted by Gasteiger charge is -1.64. The van der Waals surface area contributed by atoms with Gasteiger partial charge in [-0.2, -0.15) is 0 Å². The average Bonchev–Trinajstić information content (AvgIpc) is 1.41. The Labute approximate surface area is 32.5 Å². The number of nitrogens with one attached hydrogen (secondary N) is 1. The van der Waals surface area contributed by atoms with E-state index in [1.54, 1.807) is 6.08 Å². The highest BCUT2D eigenvalue weighted by Gasteiger charge is 1.53. The van der Waals surface area contributed by atoms with Gasteiger partial charge in [0.2, 0.25) is 0 Å². The van der Waals surface area contributed by atoms with E-state index >= 15 is 0 Å². The Morgan fingerprint density at radius 1 is 1.80 bits per heavy atom. The molecule has 1 N–H and O–H groups in total. The topological polar surface area (TPSA) is 23.8 Å². The molecule has 0 bridgehead atoms. The van der Waals surface area contributed by atoms with E-state index in [0.717, 1.165) is 6.42 Å². The predicted molar refractivity (Wildman–Crippen MR) is 22.2 cm³/mol. The van der Waals surface area contributed by atoms with Crippen LogP contribution in [0.25, 0.3) is 0 Å². The second-order valence-corrected chi connectivity index (χ2v) is 0.691. The first-order chi connectivity index (χ1) is 2.41. The molecule has 28 valence electrons. The number of allylic oxidation sites excluding steroid dienone is 1. The van der Waals surface area contributed by atoms with E-state index in [1.165, 1.54) is 6.20 Å². The summed E-state index contributed by atoms with van der Waals surface area (Å²) in [6.45, 7) is 3.47. The van der Waals surface area contributed by atoms with Gasteiger partial charge in [0.25, 0.3) is 0 Å². The molecule has 0 fully saturated rings. The smallest absolute Gasteiger partial charge is 0.0137 e. The zero-order valence-corrected chi connectivity index (χ0v) is 3.07. The van der Waals surface area contributed by atoms with Crippen molar-refractivity contribution in [3.63, 3.8) is 0 Å². The largest absolute Gasteiger partial charge is 0.309 e. The van der Waals surface area contributed by atoms with Gasteiger partial charge in [-0.25, -0.2) is 0 Å². The van der Waals surface area contributed by atoms with Crippen LogP contribution in [0.15, 0.2) is 12.3 Å². The first-order valence-electron chi connectivity index (χ1n) is 1.53. The maximum absolute atomic E-state index is 6.38. The summed E-state index contributed by atoms with van der Waals surface area (Å²) in [4.78, 5) is 0. The SMILES string of the molecule is [CH2]CC=C[NH]. The van der Waals surface area contributed by atoms with Gasteiger partial charge in [0, 0.05) is 6.20 Å². The first-order valence-corrected chi connectivity index (χ1v) is 1.53. The predicted octanol–water partition coefficient (Wildman–Crippen LogP) is 1.01. The van der Waals surface area contributed by atoms with Crippen LogP contribution >= 0.6 is 0 Å². The van der Waals surface area contributed by atoms with Crippen LogP contribution in [0.5, 0.6) is 0 Å². The molecular weight excluding hydrogens is 62.1 g/mol. The lowest BCUT2D eigenvalue weighted by molar-refractivity contribution is 1.35. The van der Waals surface area contributed by atoms with Crippen molar-refractivity contribution in [3.8, 4) is 0 Å². The lowest BCUT2D eigenvalue weighted by atomic mass is 10.5. The molecule has 0 heterocycles. The highest BCUT2D eigenvalue weighted by molar-refractivity contribution is 4.74. The summed E-state index contributed by atoms with van der Waals surface area (Å²) in [6, 6.07) is 0. The minimum absolute atomic E-state index is 0.726. The first kappa shape index (κ1) is 4.54. The van der Waals surface area contributed by atoms with Crippen LogP contribution in [0.4, 0.5) is 0 Å². The highest BCUT2D eigenvalue weighted by Crippen LogP contribution is 1.70. The van der Waals surface area contributed by atoms with Gasteiger partial charge in [-0.3, -0.25) is 0 Å². The summed E-state index contributed by atoms with van der Waals surface area (Å²) in [5.41, 5.74) is 6.38. The Morgan fingerprint density at radius 3 is 2.40 bits per heavy atom. The minimum atomic E-state index is 0.726. The summed E-state index contributed by atoms with van der Waals surface area (Å²) in [7, 11) is 0. The Kier molecular flexibility index (Phi) is 3.21. The van der Waals surface area contributed by atoms with Crippen LogP contribution in [0.1, 0.15) is 6.42 Å². The molecule has 0 aliphatic heterocycles. The van der Waals surface area contributed by atoms with E-state index in [0.29, 0.717) is 0 Å². The van der Waals surface area contributed by atoms with Gasteiger partial charge in [-0.05, 0) is 13.3 Å². The quantitative estimate of drug-likeness (QED) is 0.438. The summed E-state index contributed by atoms with van der Waals surface area (Å²) >= 11 is 0. The average molecular weight is 69.1 g/mol. The van der Waals surface area contributed by atoms with Crippen molar-refractivity contribution in [1.29, 1.82) is 0 Å². The van der Waals surface area contributed by atoms with E-state index in [2.05, 4.69) is 6.92 Å². The van der Waals surface area contributed by atoms with E-state index in [9.17, 15) is 0 Å². The molecule has 0 atom stereocenters. The third kappa shape index (κ3) is 3.54. The maximum Gasteiger partial charge on any atom is 0.0137 e. The van der Waals surface area contributed by atoms with Crippen LogP contribution in [0.2, 0.25) is 0 Å². The normalized spacial score (nSPS) is 9.80. The number of hydrogen-bond donors (Lipinski definition) is 0. The molecule has 0 aliphatic carbocycles. The summed E-state index contributed by atoms with van der Waals surface area (Å²) in [5.74, 6) is 0. The van der Waals surface area contributed by atoms with Crippen LogP contribution in [-0.4, -0.2) is 0 Å². The zero-order chi connectivity index (χ0) is 4.12. The van der Waals surface area contributed by atoms with Crippen molar-refractivity contribution in [2.24, 2.45) is 0 Å². The van der Waals surface area contributed by atoms with Crippen molar-refractivity contribution in [2.75, 3.05) is 0 Å². The van der Waals surface area contributed by atoms with Gasteiger partial charge >= 0.3 is 0 Å². The van der Waals surface area contributed by atoms with Gasteiger partial charge < -0.3 is 5.73 Å². The second-order valence-electron chi connectivity index (χ2n) is 0.691. The molecule has 0 saturated carbocycles. The van der Waals surface area contributed by atoms with Crippen LogP contribution in [-0.2, 0) is 0 Å². The molecule has 0 aliphatic rings. The summed E-state index contributed by atoms with van der Waals surface area (Å²) < 4.78 is 0. The van der Waals surface area contributed by atoms with Gasteiger partial charge in [0.15, 0.2) is 0 Å². The van der Waals surface area contributed by atoms with E-state index in [4.69, 9.17) is 5.73 Å². The molecule has 0 unspecified atom stereocenters. The Morgan fingerprint density at radius 2 is 2.40 bits per heavy atom. The third-order valence-corrected chi connectivity index (χ3v) is 0.285. The van der Waals surface area contributed by atoms with Crippen LogP contribution in [0.3, 0.4) is 0 Å². The lowest BCUT2D eigenvalue weighted by Crippen LogP contribution is -1.52. The third-order valence-electron chi connectivity index (χ3n) is 0.285. The number of rotatable bonds is 1.